The van der Waals surface area contributed by atoms with E-state index < -0.39 is 11.8 Å². The lowest BCUT2D eigenvalue weighted by Gasteiger charge is -2.05. The molecule has 0 aromatic heterocycles. The number of hydrogen-bond donors (Lipinski definition) is 1. The minimum Gasteiger partial charge on any atom is -0.478 e. The lowest BCUT2D eigenvalue weighted by molar-refractivity contribution is 0.0695. The largest absolute Gasteiger partial charge is 0.478 e. The van der Waals surface area contributed by atoms with Gasteiger partial charge in [0.25, 0.3) is 0 Å². The third kappa shape index (κ3) is 1.75. The molecule has 0 saturated carbocycles. The summed E-state index contributed by atoms with van der Waals surface area (Å²) in [6, 6.07) is 3.95. The average molecular weight is 258 g/mol. The van der Waals surface area contributed by atoms with Gasteiger partial charge in [-0.15, -0.1) is 0 Å². The Balaban J connectivity index is 3.54. The van der Waals surface area contributed by atoms with Gasteiger partial charge in [0.1, 0.15) is 11.9 Å². The molecule has 5 heteroatoms. The standard InChI is InChI=1S/C9H5BrFNO2/c10-3-6-7(11)2-1-5(4-12)8(6)9(13)14/h1-2H,3H2,(H,13,14). The first-order valence-corrected chi connectivity index (χ1v) is 4.74. The first kappa shape index (κ1) is 10.7. The van der Waals surface area contributed by atoms with Crippen molar-refractivity contribution in [1.82, 2.24) is 0 Å². The molecule has 0 saturated heterocycles. The average Bonchev–Trinajstić information content (AvgIpc) is 2.17. The van der Waals surface area contributed by atoms with Crippen LogP contribution in [-0.2, 0) is 5.33 Å². The molecule has 0 aliphatic rings. The zero-order valence-corrected chi connectivity index (χ0v) is 8.51. The number of aromatic carboxylic acids is 1. The van der Waals surface area contributed by atoms with Gasteiger partial charge in [-0.2, -0.15) is 5.26 Å². The number of alkyl halides is 1. The van der Waals surface area contributed by atoms with Crippen molar-refractivity contribution in [2.45, 2.75) is 5.33 Å². The second kappa shape index (κ2) is 4.20. The molecule has 72 valence electrons. The topological polar surface area (TPSA) is 61.1 Å². The minimum absolute atomic E-state index is 0.00319. The molecule has 1 aromatic carbocycles. The number of nitriles is 1. The van der Waals surface area contributed by atoms with Crippen molar-refractivity contribution in [3.8, 4) is 6.07 Å². The van der Waals surface area contributed by atoms with Crippen molar-refractivity contribution in [2.24, 2.45) is 0 Å². The fourth-order valence-corrected chi connectivity index (χ4v) is 1.64. The zero-order chi connectivity index (χ0) is 10.7. The van der Waals surface area contributed by atoms with E-state index in [2.05, 4.69) is 15.9 Å². The van der Waals surface area contributed by atoms with E-state index in [4.69, 9.17) is 10.4 Å². The van der Waals surface area contributed by atoms with Gasteiger partial charge in [-0.1, -0.05) is 15.9 Å². The van der Waals surface area contributed by atoms with Crippen molar-refractivity contribution in [1.29, 1.82) is 5.26 Å². The van der Waals surface area contributed by atoms with Gasteiger partial charge >= 0.3 is 5.97 Å². The Morgan fingerprint density at radius 2 is 2.29 bits per heavy atom. The number of rotatable bonds is 2. The van der Waals surface area contributed by atoms with Gasteiger partial charge in [-0.05, 0) is 12.1 Å². The minimum atomic E-state index is -1.30. The Bertz CT molecular complexity index is 426. The zero-order valence-electron chi connectivity index (χ0n) is 6.92. The van der Waals surface area contributed by atoms with Gasteiger partial charge in [0.2, 0.25) is 0 Å². The predicted molar refractivity (Wildman–Crippen MR) is 50.7 cm³/mol. The number of carboxylic acid groups (broad SMARTS) is 1. The molecule has 0 fully saturated rings. The number of halogens is 2. The molecule has 1 N–H and O–H groups in total. The number of benzene rings is 1. The highest BCUT2D eigenvalue weighted by Gasteiger charge is 2.18. The molecule has 0 unspecified atom stereocenters. The third-order valence-corrected chi connectivity index (χ3v) is 2.28. The molecule has 0 aliphatic carbocycles. The van der Waals surface area contributed by atoms with E-state index >= 15 is 0 Å². The van der Waals surface area contributed by atoms with Gasteiger partial charge in [-0.25, -0.2) is 9.18 Å². The fourth-order valence-electron chi connectivity index (χ4n) is 1.09. The van der Waals surface area contributed by atoms with Crippen LogP contribution < -0.4 is 0 Å². The van der Waals surface area contributed by atoms with Crippen LogP contribution in [0.2, 0.25) is 0 Å². The van der Waals surface area contributed by atoms with E-state index in [0.29, 0.717) is 0 Å². The van der Waals surface area contributed by atoms with Crippen LogP contribution in [0.1, 0.15) is 21.5 Å². The highest BCUT2D eigenvalue weighted by Crippen LogP contribution is 2.20. The summed E-state index contributed by atoms with van der Waals surface area (Å²) in [5, 5.41) is 17.5. The summed E-state index contributed by atoms with van der Waals surface area (Å²) >= 11 is 2.98. The van der Waals surface area contributed by atoms with Crippen LogP contribution in [0.15, 0.2) is 12.1 Å². The van der Waals surface area contributed by atoms with E-state index in [9.17, 15) is 9.18 Å². The summed E-state index contributed by atoms with van der Waals surface area (Å²) < 4.78 is 13.1. The van der Waals surface area contributed by atoms with E-state index in [1.807, 2.05) is 0 Å². The lowest BCUT2D eigenvalue weighted by atomic mass is 10.0. The quantitative estimate of drug-likeness (QED) is 0.828. The molecular formula is C9H5BrFNO2. The molecule has 0 amide bonds. The fraction of sp³-hybridized carbons (Fsp3) is 0.111. The van der Waals surface area contributed by atoms with Crippen LogP contribution in [0, 0.1) is 17.1 Å². The van der Waals surface area contributed by atoms with Crippen LogP contribution >= 0.6 is 15.9 Å². The van der Waals surface area contributed by atoms with Crippen LogP contribution in [0.25, 0.3) is 0 Å². The predicted octanol–water partition coefficient (Wildman–Crippen LogP) is 2.29. The van der Waals surface area contributed by atoms with Gasteiger partial charge in [0.05, 0.1) is 11.1 Å². The maximum atomic E-state index is 13.1. The number of nitrogens with zero attached hydrogens (tertiary/aromatic N) is 1. The SMILES string of the molecule is N#Cc1ccc(F)c(CBr)c1C(=O)O. The van der Waals surface area contributed by atoms with Gasteiger partial charge in [0, 0.05) is 10.9 Å². The Morgan fingerprint density at radius 1 is 1.64 bits per heavy atom. The van der Waals surface area contributed by atoms with Crippen LogP contribution in [0.3, 0.4) is 0 Å². The summed E-state index contributed by atoms with van der Waals surface area (Å²) in [6.45, 7) is 0. The summed E-state index contributed by atoms with van der Waals surface area (Å²) in [4.78, 5) is 10.8. The van der Waals surface area contributed by atoms with Crippen molar-refractivity contribution < 1.29 is 14.3 Å². The molecule has 0 radical (unpaired) electrons. The Morgan fingerprint density at radius 3 is 2.71 bits per heavy atom. The highest BCUT2D eigenvalue weighted by molar-refractivity contribution is 9.08. The number of hydrogen-bond acceptors (Lipinski definition) is 2. The second-order valence-corrected chi connectivity index (χ2v) is 3.06. The van der Waals surface area contributed by atoms with E-state index in [1.54, 1.807) is 6.07 Å². The Kier molecular flexibility index (Phi) is 3.20. The monoisotopic (exact) mass is 257 g/mol. The summed E-state index contributed by atoms with van der Waals surface area (Å²) in [5.41, 5.74) is -0.311. The Labute approximate surface area is 87.9 Å². The summed E-state index contributed by atoms with van der Waals surface area (Å²) in [5.74, 6) is -1.92. The molecule has 0 aliphatic heterocycles. The summed E-state index contributed by atoms with van der Waals surface area (Å²) in [7, 11) is 0. The van der Waals surface area contributed by atoms with Gasteiger partial charge < -0.3 is 5.11 Å². The van der Waals surface area contributed by atoms with Crippen molar-refractivity contribution >= 4 is 21.9 Å². The molecule has 0 spiro atoms. The third-order valence-electron chi connectivity index (χ3n) is 1.72. The first-order chi connectivity index (χ1) is 6.61. The lowest BCUT2D eigenvalue weighted by Crippen LogP contribution is -2.06. The maximum absolute atomic E-state index is 13.1. The smallest absolute Gasteiger partial charge is 0.337 e. The number of carboxylic acids is 1. The Hall–Kier alpha value is -1.41. The molecule has 14 heavy (non-hydrogen) atoms. The van der Waals surface area contributed by atoms with Gasteiger partial charge in [0.15, 0.2) is 0 Å². The normalized spacial score (nSPS) is 9.50. The van der Waals surface area contributed by atoms with E-state index in [-0.39, 0.29) is 22.0 Å². The first-order valence-electron chi connectivity index (χ1n) is 3.62. The van der Waals surface area contributed by atoms with Crippen LogP contribution in [0.5, 0.6) is 0 Å². The number of carbonyl (C=O) groups is 1. The second-order valence-electron chi connectivity index (χ2n) is 2.50. The molecule has 0 heterocycles. The van der Waals surface area contributed by atoms with Crippen molar-refractivity contribution in [2.75, 3.05) is 0 Å². The summed E-state index contributed by atoms with van der Waals surface area (Å²) in [6.07, 6.45) is 0. The van der Waals surface area contributed by atoms with Crippen LogP contribution in [0.4, 0.5) is 4.39 Å². The van der Waals surface area contributed by atoms with Crippen LogP contribution in [-0.4, -0.2) is 11.1 Å². The molecule has 0 bridgehead atoms. The molecule has 3 nitrogen and oxygen atoms in total. The molecule has 1 rings (SSSR count). The van der Waals surface area contributed by atoms with Crippen molar-refractivity contribution in [3.63, 3.8) is 0 Å². The van der Waals surface area contributed by atoms with Gasteiger partial charge in [-0.3, -0.25) is 0 Å². The van der Waals surface area contributed by atoms with Crippen molar-refractivity contribution in [3.05, 3.63) is 34.6 Å². The maximum Gasteiger partial charge on any atom is 0.337 e. The highest BCUT2D eigenvalue weighted by atomic mass is 79.9. The van der Waals surface area contributed by atoms with E-state index in [0.717, 1.165) is 12.1 Å². The molecule has 0 atom stereocenters. The molecular weight excluding hydrogens is 253 g/mol. The van der Waals surface area contributed by atoms with E-state index in [1.165, 1.54) is 0 Å². The molecule has 1 aromatic rings.